The maximum Gasteiger partial charge on any atom is 0.337 e. The third-order valence-electron chi connectivity index (χ3n) is 8.51. The van der Waals surface area contributed by atoms with Gasteiger partial charge in [0, 0.05) is 51.5 Å². The molecule has 0 atom stereocenters. The minimum atomic E-state index is -3.71. The smallest absolute Gasteiger partial charge is 0.337 e. The van der Waals surface area contributed by atoms with E-state index in [4.69, 9.17) is 13.6 Å². The second-order valence-electron chi connectivity index (χ2n) is 13.0. The third-order valence-corrected chi connectivity index (χ3v) is 10.3. The van der Waals surface area contributed by atoms with Crippen molar-refractivity contribution in [2.24, 2.45) is 5.73 Å². The number of methoxy groups -OCH3 is 1. The first-order chi connectivity index (χ1) is 28.4. The van der Waals surface area contributed by atoms with Gasteiger partial charge in [0.15, 0.2) is 5.78 Å². The van der Waals surface area contributed by atoms with E-state index in [1.165, 1.54) is 43.9 Å². The van der Waals surface area contributed by atoms with E-state index < -0.39 is 27.4 Å². The number of benzene rings is 6. The molecule has 0 fully saturated rings. The molecule has 6 aromatic carbocycles. The van der Waals surface area contributed by atoms with Crippen LogP contribution in [-0.4, -0.2) is 49.1 Å². The van der Waals surface area contributed by atoms with Crippen LogP contribution in [0.4, 0.5) is 13.5 Å². The van der Waals surface area contributed by atoms with Crippen molar-refractivity contribution in [2.75, 3.05) is 13.7 Å². The van der Waals surface area contributed by atoms with Gasteiger partial charge in [0.2, 0.25) is 9.84 Å². The first kappa shape index (κ1) is 54.3. The molecule has 0 amide bonds. The monoisotopic (exact) mass is 907 g/mol. The number of nitrogens with two attached hydrogens (primary N) is 1. The van der Waals surface area contributed by atoms with Crippen LogP contribution in [0.2, 0.25) is 0 Å². The minimum Gasteiger partial charge on any atom is -3.00 e. The number of Topliss-reactive ketones (excluding diaryl/α,β-unsaturated/α-hetero) is 1. The molecule has 0 saturated carbocycles. The second kappa shape index (κ2) is 28.0. The van der Waals surface area contributed by atoms with Crippen LogP contribution >= 0.6 is 9.90 Å². The zero-order chi connectivity index (χ0) is 44.9. The molecule has 0 heterocycles. The van der Waals surface area contributed by atoms with E-state index in [1.807, 2.05) is 36.4 Å². The summed E-state index contributed by atoms with van der Waals surface area (Å²) in [4.78, 5) is 21.8. The molecular weight excluding hydrogens is 854 g/mol. The molecule has 0 spiro atoms. The predicted molar refractivity (Wildman–Crippen MR) is 231 cm³/mol. The van der Waals surface area contributed by atoms with Gasteiger partial charge in [-0.15, -0.1) is 0 Å². The number of ether oxygens (including phenoxy) is 1. The van der Waals surface area contributed by atoms with Gasteiger partial charge in [-0.1, -0.05) is 69.8 Å². The Balaban J connectivity index is 0. The fourth-order valence-electron chi connectivity index (χ4n) is 5.07. The average molecular weight is 908 g/mol. The standard InChI is InChI=1S/C15H16O2.C12H8F2O2S.C10H10O3.C8H11NO.CH4.Ar.FH.P/c1-15(2,11-3-7-13(16)8-4-11)12-5-9-14(17)10-6-12;13-9-1-5-11(6-2-9)17(15,16)12-7-3-10(14)4-8-12;1-7(11)8-3-5-9(6-4-8)10(12)13-2;9-6-5-7-1-3-8(10)4-2-7;;;;/h3-10,16-17H,1-2H3;1-8H;3-6H,1-2H3;1-4,10H,5-6,9H2;1H4;;1H;/q;;;;;;;-3/i;;;;1TD;;;. The normalized spacial score (nSPS) is 10.3. The quantitative estimate of drug-likeness (QED) is 0.0504. The largest absolute Gasteiger partial charge is 3.00 e. The number of rotatable bonds is 8. The van der Waals surface area contributed by atoms with Gasteiger partial charge in [0.1, 0.15) is 28.9 Å². The molecule has 0 bridgehead atoms. The summed E-state index contributed by atoms with van der Waals surface area (Å²) < 4.78 is 65.7. The number of hydrogen-bond acceptors (Lipinski definition) is 9. The fourth-order valence-corrected chi connectivity index (χ4v) is 6.34. The van der Waals surface area contributed by atoms with E-state index in [-0.39, 0.29) is 92.2 Å². The van der Waals surface area contributed by atoms with Crippen molar-refractivity contribution in [2.45, 2.75) is 49.8 Å². The maximum atomic E-state index is 12.7. The number of aromatic hydroxyl groups is 3. The Kier molecular flexibility index (Phi) is 24.9. The van der Waals surface area contributed by atoms with Gasteiger partial charge in [-0.2, -0.15) is 0 Å². The third kappa shape index (κ3) is 18.4. The SMILES string of the molecule is CC(C)(c1ccc(O)cc1)c1ccc(O)cc1.COC(=O)c1ccc(C(C)=O)cc1.F.NCCc1ccc(O)cc1.O=S(=O)(c1ccc(F)cc1)c1ccc(F)cc1.[2H]C[3H].[Ar].[P-3]. The predicted octanol–water partition coefficient (Wildman–Crippen LogP) is 10.4. The van der Waals surface area contributed by atoms with E-state index in [0.29, 0.717) is 23.4 Å². The van der Waals surface area contributed by atoms with Crippen LogP contribution in [-0.2, 0) is 26.4 Å². The van der Waals surface area contributed by atoms with Crippen LogP contribution in [0.5, 0.6) is 17.2 Å². The van der Waals surface area contributed by atoms with Crippen LogP contribution < -0.4 is 5.73 Å². The molecule has 0 unspecified atom stereocenters. The van der Waals surface area contributed by atoms with Gasteiger partial charge in [0.25, 0.3) is 0 Å². The number of phenolic OH excluding ortho intramolecular Hbond substituents is 3. The van der Waals surface area contributed by atoms with Gasteiger partial charge in [0.05, 0.1) is 22.5 Å². The number of ketones is 1. The number of carbonyl (C=O) groups excluding carboxylic acids is 2. The molecule has 15 heteroatoms. The summed E-state index contributed by atoms with van der Waals surface area (Å²) in [5, 5.41) is 27.5. The average Bonchev–Trinajstić information content (AvgIpc) is 3.23. The first-order valence-electron chi connectivity index (χ1n) is 18.9. The number of esters is 1. The number of carbonyl (C=O) groups is 2. The Hall–Kier alpha value is -4.75. The summed E-state index contributed by atoms with van der Waals surface area (Å²) in [7, 11) is -2.64. The number of hydrogen-bond donors (Lipinski definition) is 4. The summed E-state index contributed by atoms with van der Waals surface area (Å²) in [6, 6.07) is 36.9. The molecule has 330 valence electrons. The number of phenols is 3. The van der Waals surface area contributed by atoms with Crippen molar-refractivity contribution in [1.82, 2.24) is 0 Å². The van der Waals surface area contributed by atoms with E-state index >= 15 is 0 Å². The van der Waals surface area contributed by atoms with Crippen LogP contribution in [0.1, 0.15) is 68.3 Å². The molecule has 0 aliphatic rings. The van der Waals surface area contributed by atoms with Crippen molar-refractivity contribution in [3.8, 4) is 17.2 Å². The van der Waals surface area contributed by atoms with Crippen molar-refractivity contribution < 1.29 is 92.0 Å². The fraction of sp³-hybridized carbons (Fsp3) is 0.174. The summed E-state index contributed by atoms with van der Waals surface area (Å²) in [5.41, 5.74) is 9.65. The molecule has 6 aromatic rings. The molecule has 0 aliphatic heterocycles. The number of halogens is 3. The van der Waals surface area contributed by atoms with E-state index in [0.717, 1.165) is 41.8 Å². The molecular formula is C46H50ArF3NO8PS-3. The molecule has 5 N–H and O–H groups in total. The van der Waals surface area contributed by atoms with Crippen LogP contribution in [0.15, 0.2) is 155 Å². The minimum absolute atomic E-state index is 0. The van der Waals surface area contributed by atoms with Crippen LogP contribution in [0.25, 0.3) is 0 Å². The summed E-state index contributed by atoms with van der Waals surface area (Å²) in [6.07, 6.45) is 0.875. The van der Waals surface area contributed by atoms with Gasteiger partial charge in [-0.3, -0.25) is 9.50 Å². The van der Waals surface area contributed by atoms with Crippen molar-refractivity contribution in [3.05, 3.63) is 185 Å². The van der Waals surface area contributed by atoms with Crippen molar-refractivity contribution in [1.29, 1.82) is 0 Å². The van der Waals surface area contributed by atoms with Gasteiger partial charge >= 0.3 is 5.97 Å². The summed E-state index contributed by atoms with van der Waals surface area (Å²) in [5.74, 6) is -0.580. The molecule has 61 heavy (non-hydrogen) atoms. The summed E-state index contributed by atoms with van der Waals surface area (Å²) in [6.45, 7) is 6.37. The topological polar surface area (TPSA) is 164 Å². The zero-order valence-corrected chi connectivity index (χ0v) is 36.2. The Morgan fingerprint density at radius 1 is 0.705 bits per heavy atom. The molecule has 9 nitrogen and oxygen atoms in total. The van der Waals surface area contributed by atoms with Gasteiger partial charge < -0.3 is 35.7 Å². The maximum absolute atomic E-state index is 12.7. The molecule has 0 aromatic heterocycles. The second-order valence-corrected chi connectivity index (χ2v) is 14.9. The van der Waals surface area contributed by atoms with Crippen molar-refractivity contribution >= 4 is 31.5 Å². The van der Waals surface area contributed by atoms with E-state index in [9.17, 15) is 37.0 Å². The van der Waals surface area contributed by atoms with Gasteiger partial charge in [-0.05, 0) is 134 Å². The van der Waals surface area contributed by atoms with Gasteiger partial charge in [-0.25, -0.2) is 22.0 Å². The number of sulfone groups is 1. The Bertz CT molecular complexity index is 2230. The molecule has 0 aliphatic carbocycles. The van der Waals surface area contributed by atoms with Crippen LogP contribution in [0, 0.1) is 49.4 Å². The molecule has 0 saturated heterocycles. The summed E-state index contributed by atoms with van der Waals surface area (Å²) >= 11 is 0. The molecule has 0 radical (unpaired) electrons. The Labute approximate surface area is 392 Å². The van der Waals surface area contributed by atoms with E-state index in [2.05, 4.69) is 18.6 Å². The first-order valence-corrected chi connectivity index (χ1v) is 19.0. The van der Waals surface area contributed by atoms with E-state index in [1.54, 1.807) is 60.7 Å². The molecule has 6 rings (SSSR count). The Morgan fingerprint density at radius 3 is 1.34 bits per heavy atom. The Morgan fingerprint density at radius 2 is 1.03 bits per heavy atom. The van der Waals surface area contributed by atoms with Crippen LogP contribution in [0.3, 0.4) is 0 Å². The zero-order valence-electron chi connectivity index (χ0n) is 35.8. The van der Waals surface area contributed by atoms with Crippen molar-refractivity contribution in [3.63, 3.8) is 0 Å².